The summed E-state index contributed by atoms with van der Waals surface area (Å²) in [6.45, 7) is 0. The Kier molecular flexibility index (Phi) is 5.13. The second-order valence-corrected chi connectivity index (χ2v) is 6.11. The van der Waals surface area contributed by atoms with Gasteiger partial charge in [-0.2, -0.15) is 0 Å². The van der Waals surface area contributed by atoms with Gasteiger partial charge in [0.1, 0.15) is 5.82 Å². The summed E-state index contributed by atoms with van der Waals surface area (Å²) >= 11 is 6.95. The maximum absolute atomic E-state index is 13.3. The first kappa shape index (κ1) is 14.7. The molecule has 0 spiro atoms. The predicted octanol–water partition coefficient (Wildman–Crippen LogP) is 4.85. The third-order valence-electron chi connectivity index (χ3n) is 3.03. The Balaban J connectivity index is 2.26. The number of rotatable bonds is 4. The van der Waals surface area contributed by atoms with Gasteiger partial charge in [0.05, 0.1) is 0 Å². The summed E-state index contributed by atoms with van der Waals surface area (Å²) in [6, 6.07) is 13.1. The van der Waals surface area contributed by atoms with Crippen molar-refractivity contribution in [2.75, 3.05) is 7.05 Å². The normalized spacial score (nSPS) is 12.4. The molecule has 0 aromatic heterocycles. The fraction of sp³-hybridized carbons (Fsp3) is 0.200. The number of hydrogen-bond acceptors (Lipinski definition) is 1. The minimum Gasteiger partial charge on any atom is -0.313 e. The summed E-state index contributed by atoms with van der Waals surface area (Å²) in [4.78, 5) is 0. The molecule has 0 heterocycles. The second-order valence-electron chi connectivity index (χ2n) is 4.34. The zero-order valence-electron chi connectivity index (χ0n) is 10.5. The van der Waals surface area contributed by atoms with Crippen LogP contribution in [0, 0.1) is 5.82 Å². The van der Waals surface area contributed by atoms with Crippen LogP contribution >= 0.6 is 31.9 Å². The van der Waals surface area contributed by atoms with E-state index in [-0.39, 0.29) is 11.9 Å². The van der Waals surface area contributed by atoms with Crippen LogP contribution in [0.1, 0.15) is 17.2 Å². The smallest absolute Gasteiger partial charge is 0.123 e. The van der Waals surface area contributed by atoms with Gasteiger partial charge >= 0.3 is 0 Å². The molecule has 2 aromatic rings. The van der Waals surface area contributed by atoms with Gasteiger partial charge in [0.15, 0.2) is 0 Å². The van der Waals surface area contributed by atoms with Crippen LogP contribution in [0.2, 0.25) is 0 Å². The SMILES string of the molecule is CNC(Cc1cc(F)ccc1Br)c1cccc(Br)c1. The molecule has 19 heavy (non-hydrogen) atoms. The van der Waals surface area contributed by atoms with Crippen molar-refractivity contribution in [3.05, 3.63) is 68.4 Å². The Labute approximate surface area is 129 Å². The number of benzene rings is 2. The number of hydrogen-bond donors (Lipinski definition) is 1. The van der Waals surface area contributed by atoms with Crippen molar-refractivity contribution in [3.8, 4) is 0 Å². The zero-order valence-corrected chi connectivity index (χ0v) is 13.6. The molecule has 0 radical (unpaired) electrons. The van der Waals surface area contributed by atoms with Crippen LogP contribution < -0.4 is 5.32 Å². The standard InChI is InChI=1S/C15H14Br2FN/c1-19-15(10-3-2-4-12(16)7-10)9-11-8-13(18)5-6-14(11)17/h2-8,15,19H,9H2,1H3. The highest BCUT2D eigenvalue weighted by Gasteiger charge is 2.13. The molecule has 0 aliphatic carbocycles. The maximum Gasteiger partial charge on any atom is 0.123 e. The summed E-state index contributed by atoms with van der Waals surface area (Å²) in [5, 5.41) is 3.28. The van der Waals surface area contributed by atoms with Gasteiger partial charge in [-0.05, 0) is 54.9 Å². The van der Waals surface area contributed by atoms with E-state index >= 15 is 0 Å². The van der Waals surface area contributed by atoms with Gasteiger partial charge in [-0.1, -0.05) is 44.0 Å². The average Bonchev–Trinajstić information content (AvgIpc) is 2.39. The Hall–Kier alpha value is -0.710. The lowest BCUT2D eigenvalue weighted by atomic mass is 9.99. The molecule has 0 amide bonds. The van der Waals surface area contributed by atoms with E-state index in [9.17, 15) is 4.39 Å². The van der Waals surface area contributed by atoms with Crippen molar-refractivity contribution >= 4 is 31.9 Å². The van der Waals surface area contributed by atoms with Crippen molar-refractivity contribution in [2.24, 2.45) is 0 Å². The van der Waals surface area contributed by atoms with E-state index in [0.717, 1.165) is 20.9 Å². The van der Waals surface area contributed by atoms with Crippen molar-refractivity contribution < 1.29 is 4.39 Å². The lowest BCUT2D eigenvalue weighted by Gasteiger charge is -2.18. The molecule has 0 saturated heterocycles. The minimum absolute atomic E-state index is 0.149. The van der Waals surface area contributed by atoms with E-state index in [2.05, 4.69) is 49.3 Å². The number of likely N-dealkylation sites (N-methyl/N-ethyl adjacent to an activating group) is 1. The van der Waals surface area contributed by atoms with Crippen molar-refractivity contribution in [2.45, 2.75) is 12.5 Å². The molecule has 0 saturated carbocycles. The molecular formula is C15H14Br2FN. The highest BCUT2D eigenvalue weighted by Crippen LogP contribution is 2.26. The molecule has 1 nitrogen and oxygen atoms in total. The Morgan fingerprint density at radius 3 is 2.63 bits per heavy atom. The van der Waals surface area contributed by atoms with Gasteiger partial charge in [-0.3, -0.25) is 0 Å². The van der Waals surface area contributed by atoms with Crippen LogP contribution in [0.15, 0.2) is 51.4 Å². The third kappa shape index (κ3) is 3.88. The van der Waals surface area contributed by atoms with E-state index in [1.165, 1.54) is 11.6 Å². The first-order valence-corrected chi connectivity index (χ1v) is 7.55. The van der Waals surface area contributed by atoms with Gasteiger partial charge in [0.25, 0.3) is 0 Å². The number of halogens is 3. The fourth-order valence-electron chi connectivity index (χ4n) is 2.03. The molecule has 0 aliphatic heterocycles. The van der Waals surface area contributed by atoms with E-state index in [0.29, 0.717) is 0 Å². The molecule has 2 rings (SSSR count). The molecule has 0 fully saturated rings. The van der Waals surface area contributed by atoms with Gasteiger partial charge in [-0.25, -0.2) is 4.39 Å². The molecule has 1 N–H and O–H groups in total. The molecule has 1 atom stereocenters. The van der Waals surface area contributed by atoms with Gasteiger partial charge in [0.2, 0.25) is 0 Å². The van der Waals surface area contributed by atoms with E-state index in [1.807, 2.05) is 19.2 Å². The summed E-state index contributed by atoms with van der Waals surface area (Å²) < 4.78 is 15.3. The van der Waals surface area contributed by atoms with Gasteiger partial charge in [-0.15, -0.1) is 0 Å². The molecule has 0 aliphatic rings. The highest BCUT2D eigenvalue weighted by molar-refractivity contribution is 9.10. The van der Waals surface area contributed by atoms with Crippen molar-refractivity contribution in [1.82, 2.24) is 5.32 Å². The summed E-state index contributed by atoms with van der Waals surface area (Å²) in [5.41, 5.74) is 2.13. The second kappa shape index (κ2) is 6.64. The lowest BCUT2D eigenvalue weighted by Crippen LogP contribution is -2.19. The minimum atomic E-state index is -0.206. The van der Waals surface area contributed by atoms with E-state index in [1.54, 1.807) is 12.1 Å². The highest BCUT2D eigenvalue weighted by atomic mass is 79.9. The monoisotopic (exact) mass is 385 g/mol. The lowest BCUT2D eigenvalue weighted by molar-refractivity contribution is 0.582. The molecule has 0 bridgehead atoms. The van der Waals surface area contributed by atoms with E-state index < -0.39 is 0 Å². The van der Waals surface area contributed by atoms with Gasteiger partial charge < -0.3 is 5.32 Å². The summed E-state index contributed by atoms with van der Waals surface area (Å²) in [6.07, 6.45) is 0.727. The van der Waals surface area contributed by atoms with Crippen LogP contribution in [0.4, 0.5) is 4.39 Å². The zero-order chi connectivity index (χ0) is 13.8. The van der Waals surface area contributed by atoms with Crippen LogP contribution in [0.25, 0.3) is 0 Å². The molecule has 100 valence electrons. The third-order valence-corrected chi connectivity index (χ3v) is 4.30. The Morgan fingerprint density at radius 1 is 1.16 bits per heavy atom. The summed E-state index contributed by atoms with van der Waals surface area (Å²) in [5.74, 6) is -0.206. The largest absolute Gasteiger partial charge is 0.313 e. The first-order valence-electron chi connectivity index (χ1n) is 5.97. The molecular weight excluding hydrogens is 373 g/mol. The predicted molar refractivity (Wildman–Crippen MR) is 83.7 cm³/mol. The summed E-state index contributed by atoms with van der Waals surface area (Å²) in [7, 11) is 1.92. The average molecular weight is 387 g/mol. The maximum atomic E-state index is 13.3. The molecule has 1 unspecified atom stereocenters. The Bertz CT molecular complexity index is 572. The quantitative estimate of drug-likeness (QED) is 0.791. The molecule has 2 aromatic carbocycles. The Morgan fingerprint density at radius 2 is 1.95 bits per heavy atom. The van der Waals surface area contributed by atoms with Crippen LogP contribution in [-0.2, 0) is 6.42 Å². The fourth-order valence-corrected chi connectivity index (χ4v) is 2.86. The van der Waals surface area contributed by atoms with Crippen molar-refractivity contribution in [1.29, 1.82) is 0 Å². The number of nitrogens with one attached hydrogen (secondary N) is 1. The van der Waals surface area contributed by atoms with Crippen LogP contribution in [0.5, 0.6) is 0 Å². The van der Waals surface area contributed by atoms with E-state index in [4.69, 9.17) is 0 Å². The molecule has 4 heteroatoms. The first-order chi connectivity index (χ1) is 9.10. The van der Waals surface area contributed by atoms with Crippen LogP contribution in [0.3, 0.4) is 0 Å². The van der Waals surface area contributed by atoms with Gasteiger partial charge in [0, 0.05) is 15.0 Å². The topological polar surface area (TPSA) is 12.0 Å². The van der Waals surface area contributed by atoms with Crippen molar-refractivity contribution in [3.63, 3.8) is 0 Å². The van der Waals surface area contributed by atoms with Crippen LogP contribution in [-0.4, -0.2) is 7.05 Å².